The fraction of sp³-hybridized carbons (Fsp3) is 0.308. The van der Waals surface area contributed by atoms with Crippen LogP contribution >= 0.6 is 0 Å². The summed E-state index contributed by atoms with van der Waals surface area (Å²) in [6.45, 7) is 1.59. The number of imide groups is 1. The molecule has 0 aromatic heterocycles. The van der Waals surface area contributed by atoms with E-state index in [9.17, 15) is 19.2 Å². The lowest BCUT2D eigenvalue weighted by molar-refractivity contribution is -0.146. The number of hydrogen-bond donors (Lipinski definition) is 1. The van der Waals surface area contributed by atoms with Crippen molar-refractivity contribution in [3.63, 3.8) is 0 Å². The predicted octanol–water partition coefficient (Wildman–Crippen LogP) is 3.42. The van der Waals surface area contributed by atoms with Crippen LogP contribution in [0.15, 0.2) is 54.6 Å². The number of likely N-dealkylation sites (tertiary alicyclic amines) is 1. The highest BCUT2D eigenvalue weighted by molar-refractivity contribution is 6.22. The Bertz CT molecular complexity index is 1210. The summed E-state index contributed by atoms with van der Waals surface area (Å²) >= 11 is 0. The van der Waals surface area contributed by atoms with E-state index in [1.807, 2.05) is 24.3 Å². The van der Waals surface area contributed by atoms with Crippen LogP contribution in [0.4, 0.5) is 5.69 Å². The molecule has 5 unspecified atom stereocenters. The molecule has 6 heteroatoms. The number of allylic oxidation sites excluding steroid dienone is 2. The molecule has 1 saturated heterocycles. The van der Waals surface area contributed by atoms with E-state index in [2.05, 4.69) is 17.5 Å². The summed E-state index contributed by atoms with van der Waals surface area (Å²) in [4.78, 5) is 53.1. The van der Waals surface area contributed by atoms with Crippen molar-refractivity contribution in [2.24, 2.45) is 23.7 Å². The second kappa shape index (κ2) is 6.73. The second-order valence-corrected chi connectivity index (χ2v) is 9.19. The molecule has 2 aromatic rings. The number of rotatable bonds is 3. The number of benzene rings is 2. The van der Waals surface area contributed by atoms with Crippen LogP contribution in [0.2, 0.25) is 0 Å². The highest BCUT2D eigenvalue weighted by Gasteiger charge is 2.58. The Hall–Kier alpha value is -3.54. The molecule has 5 atom stereocenters. The summed E-state index contributed by atoms with van der Waals surface area (Å²) in [5.41, 5.74) is 3.39. The minimum atomic E-state index is -0.916. The largest absolute Gasteiger partial charge is 0.324 e. The Morgan fingerprint density at radius 1 is 0.875 bits per heavy atom. The third-order valence-corrected chi connectivity index (χ3v) is 7.55. The first-order chi connectivity index (χ1) is 15.5. The molecule has 0 radical (unpaired) electrons. The van der Waals surface area contributed by atoms with Crippen LogP contribution in [0.1, 0.15) is 35.7 Å². The monoisotopic (exact) mass is 426 g/mol. The van der Waals surface area contributed by atoms with Gasteiger partial charge in [0, 0.05) is 16.8 Å². The van der Waals surface area contributed by atoms with Crippen molar-refractivity contribution in [3.8, 4) is 11.1 Å². The van der Waals surface area contributed by atoms with Gasteiger partial charge in [-0.15, -0.1) is 0 Å². The van der Waals surface area contributed by atoms with Crippen molar-refractivity contribution in [1.82, 2.24) is 4.90 Å². The van der Waals surface area contributed by atoms with Gasteiger partial charge < -0.3 is 5.32 Å². The normalized spacial score (nSPS) is 27.9. The molecule has 1 saturated carbocycles. The molecule has 4 aliphatic carbocycles. The van der Waals surface area contributed by atoms with Crippen molar-refractivity contribution in [2.45, 2.75) is 25.8 Å². The van der Waals surface area contributed by atoms with Crippen LogP contribution < -0.4 is 5.32 Å². The smallest absolute Gasteiger partial charge is 0.247 e. The van der Waals surface area contributed by atoms with E-state index >= 15 is 0 Å². The summed E-state index contributed by atoms with van der Waals surface area (Å²) in [5, 5.41) is 2.80. The van der Waals surface area contributed by atoms with Crippen LogP contribution in [0.25, 0.3) is 11.1 Å². The number of carbonyl (C=O) groups excluding carboxylic acids is 4. The predicted molar refractivity (Wildman–Crippen MR) is 118 cm³/mol. The number of nitrogens with one attached hydrogen (secondary N) is 1. The van der Waals surface area contributed by atoms with Gasteiger partial charge in [-0.3, -0.25) is 24.1 Å². The number of anilines is 1. The summed E-state index contributed by atoms with van der Waals surface area (Å²) in [6, 6.07) is 11.7. The van der Waals surface area contributed by atoms with Gasteiger partial charge in [-0.1, -0.05) is 42.5 Å². The van der Waals surface area contributed by atoms with Crippen LogP contribution in [0, 0.1) is 23.7 Å². The lowest BCUT2D eigenvalue weighted by Gasteiger charge is -2.38. The number of ketones is 1. The number of hydrogen-bond acceptors (Lipinski definition) is 4. The Balaban J connectivity index is 1.23. The van der Waals surface area contributed by atoms with Crippen molar-refractivity contribution >= 4 is 29.2 Å². The van der Waals surface area contributed by atoms with Gasteiger partial charge in [0.15, 0.2) is 5.78 Å². The van der Waals surface area contributed by atoms with E-state index in [-0.39, 0.29) is 41.3 Å². The van der Waals surface area contributed by atoms with Crippen molar-refractivity contribution in [1.29, 1.82) is 0 Å². The molecular weight excluding hydrogens is 404 g/mol. The van der Waals surface area contributed by atoms with Gasteiger partial charge in [-0.25, -0.2) is 0 Å². The van der Waals surface area contributed by atoms with Gasteiger partial charge in [0.05, 0.1) is 11.8 Å². The minimum absolute atomic E-state index is 0.0725. The van der Waals surface area contributed by atoms with Gasteiger partial charge >= 0.3 is 0 Å². The first-order valence-electron chi connectivity index (χ1n) is 11.1. The Labute approximate surface area is 185 Å². The van der Waals surface area contributed by atoms with Gasteiger partial charge in [0.25, 0.3) is 0 Å². The zero-order valence-corrected chi connectivity index (χ0v) is 17.6. The van der Waals surface area contributed by atoms with Gasteiger partial charge in [0.1, 0.15) is 6.04 Å². The lowest BCUT2D eigenvalue weighted by Crippen LogP contribution is -2.46. The van der Waals surface area contributed by atoms with Gasteiger partial charge in [-0.05, 0) is 54.9 Å². The molecule has 6 nitrogen and oxygen atoms in total. The minimum Gasteiger partial charge on any atom is -0.324 e. The molecule has 1 aliphatic heterocycles. The zero-order chi connectivity index (χ0) is 22.1. The van der Waals surface area contributed by atoms with Crippen LogP contribution in [-0.4, -0.2) is 34.4 Å². The average molecular weight is 426 g/mol. The van der Waals surface area contributed by atoms with Crippen molar-refractivity contribution in [2.75, 3.05) is 5.32 Å². The molecule has 1 N–H and O–H groups in total. The Morgan fingerprint density at radius 2 is 1.47 bits per heavy atom. The van der Waals surface area contributed by atoms with E-state index in [4.69, 9.17) is 0 Å². The van der Waals surface area contributed by atoms with Crippen LogP contribution in [0.5, 0.6) is 0 Å². The molecule has 3 amide bonds. The summed E-state index contributed by atoms with van der Waals surface area (Å²) < 4.78 is 0. The molecule has 160 valence electrons. The molecule has 2 fully saturated rings. The van der Waals surface area contributed by atoms with Crippen LogP contribution in [-0.2, 0) is 14.4 Å². The summed E-state index contributed by atoms with van der Waals surface area (Å²) in [6.07, 6.45) is 5.96. The number of nitrogens with zero attached hydrogens (tertiary/aromatic N) is 1. The number of carbonyl (C=O) groups is 4. The molecular formula is C26H22N2O4. The highest BCUT2D eigenvalue weighted by atomic mass is 16.2. The molecule has 0 spiro atoms. The first kappa shape index (κ1) is 19.2. The molecule has 2 bridgehead atoms. The van der Waals surface area contributed by atoms with E-state index in [0.29, 0.717) is 16.8 Å². The van der Waals surface area contributed by atoms with Crippen molar-refractivity contribution < 1.29 is 19.2 Å². The topological polar surface area (TPSA) is 83.6 Å². The quantitative estimate of drug-likeness (QED) is 0.514. The maximum atomic E-state index is 13.1. The lowest BCUT2D eigenvalue weighted by atomic mass is 9.63. The average Bonchev–Trinajstić information content (AvgIpc) is 3.26. The third kappa shape index (κ3) is 2.52. The molecule has 1 heterocycles. The maximum Gasteiger partial charge on any atom is 0.247 e. The van der Waals surface area contributed by atoms with E-state index in [1.54, 1.807) is 25.1 Å². The number of amides is 3. The van der Waals surface area contributed by atoms with E-state index in [0.717, 1.165) is 28.9 Å². The van der Waals surface area contributed by atoms with Gasteiger partial charge in [-0.2, -0.15) is 0 Å². The van der Waals surface area contributed by atoms with E-state index < -0.39 is 11.9 Å². The molecule has 7 rings (SSSR count). The van der Waals surface area contributed by atoms with Gasteiger partial charge in [0.2, 0.25) is 17.7 Å². The second-order valence-electron chi connectivity index (χ2n) is 9.19. The number of fused-ring (bicyclic) bond motifs is 4. The highest BCUT2D eigenvalue weighted by Crippen LogP contribution is 2.50. The molecule has 5 aliphatic rings. The third-order valence-electron chi connectivity index (χ3n) is 7.55. The maximum absolute atomic E-state index is 13.1. The summed E-state index contributed by atoms with van der Waals surface area (Å²) in [7, 11) is 0. The standard InChI is InChI=1S/C26H22N2O4/c1-13(28-25(31)21-14-6-7-15(9-8-14)22(21)26(28)32)24(30)27-16-10-11-18-17-4-2-3-5-19(17)23(29)20(18)12-16/h2-7,10-15,21-22H,8-9H2,1H3,(H,27,30). The Kier molecular flexibility index (Phi) is 4.03. The first-order valence-corrected chi connectivity index (χ1v) is 11.1. The fourth-order valence-electron chi connectivity index (χ4n) is 5.95. The van der Waals surface area contributed by atoms with Crippen LogP contribution in [0.3, 0.4) is 0 Å². The van der Waals surface area contributed by atoms with E-state index in [1.165, 1.54) is 0 Å². The molecule has 32 heavy (non-hydrogen) atoms. The zero-order valence-electron chi connectivity index (χ0n) is 17.6. The van der Waals surface area contributed by atoms with Crippen molar-refractivity contribution in [3.05, 3.63) is 65.7 Å². The summed E-state index contributed by atoms with van der Waals surface area (Å²) in [5.74, 6) is -1.47. The SMILES string of the molecule is CC(C(=O)Nc1ccc2c(c1)C(=O)c1ccccc1-2)N1C(=O)C2C3C=CC(CC3)C2C1=O. The molecule has 2 aromatic carbocycles. The fourth-order valence-corrected chi connectivity index (χ4v) is 5.95. The Morgan fingerprint density at radius 3 is 2.09 bits per heavy atom.